The number of benzene rings is 1. The van der Waals surface area contributed by atoms with E-state index in [1.807, 2.05) is 0 Å². The van der Waals surface area contributed by atoms with Crippen LogP contribution in [-0.2, 0) is 4.79 Å². The lowest BCUT2D eigenvalue weighted by Crippen LogP contribution is -2.33. The molecular weight excluding hydrogens is 211 g/mol. The highest BCUT2D eigenvalue weighted by atomic mass is 19.1. The van der Waals surface area contributed by atoms with Crippen molar-refractivity contribution in [2.24, 2.45) is 0 Å². The van der Waals surface area contributed by atoms with Crippen molar-refractivity contribution in [3.8, 4) is 0 Å². The van der Waals surface area contributed by atoms with Gasteiger partial charge in [-0.05, 0) is 18.2 Å². The predicted octanol–water partition coefficient (Wildman–Crippen LogP) is 0.820. The molecule has 0 fully saturated rings. The number of amides is 1. The Kier molecular flexibility index (Phi) is 3.99. The lowest BCUT2D eigenvalue weighted by molar-refractivity contribution is -0.119. The maximum atomic E-state index is 13.5. The molecule has 1 amide bonds. The van der Waals surface area contributed by atoms with Gasteiger partial charge in [-0.25, -0.2) is 4.39 Å². The molecule has 4 nitrogen and oxygen atoms in total. The second kappa shape index (κ2) is 5.25. The van der Waals surface area contributed by atoms with Crippen molar-refractivity contribution in [2.45, 2.75) is 0 Å². The third-order valence-electron chi connectivity index (χ3n) is 2.18. The number of nitrogens with one attached hydrogen (secondary N) is 1. The maximum absolute atomic E-state index is 13.5. The number of aldehydes is 1. The number of hydrogen-bond donors (Lipinski definition) is 1. The fourth-order valence-electron chi connectivity index (χ4n) is 1.29. The van der Waals surface area contributed by atoms with Crippen molar-refractivity contribution >= 4 is 17.9 Å². The molecule has 0 spiro atoms. The number of carbonyl (C=O) groups excluding carboxylic acids is 2. The van der Waals surface area contributed by atoms with Gasteiger partial charge >= 0.3 is 0 Å². The fraction of sp³-hybridized carbons (Fsp3) is 0.273. The Hall–Kier alpha value is -1.91. The Morgan fingerprint density at radius 3 is 2.75 bits per heavy atom. The van der Waals surface area contributed by atoms with Gasteiger partial charge in [0.1, 0.15) is 12.1 Å². The molecule has 1 aromatic carbocycles. The molecule has 1 N–H and O–H groups in total. The van der Waals surface area contributed by atoms with E-state index in [1.54, 1.807) is 7.05 Å². The van der Waals surface area contributed by atoms with Gasteiger partial charge in [0.25, 0.3) is 0 Å². The van der Waals surface area contributed by atoms with E-state index in [2.05, 4.69) is 5.32 Å². The second-order valence-corrected chi connectivity index (χ2v) is 3.36. The third kappa shape index (κ3) is 2.79. The van der Waals surface area contributed by atoms with Gasteiger partial charge in [-0.1, -0.05) is 0 Å². The molecule has 0 atom stereocenters. The van der Waals surface area contributed by atoms with Crippen molar-refractivity contribution in [1.82, 2.24) is 5.32 Å². The van der Waals surface area contributed by atoms with Crippen LogP contribution in [0, 0.1) is 5.82 Å². The molecule has 0 saturated carbocycles. The van der Waals surface area contributed by atoms with Gasteiger partial charge in [-0.15, -0.1) is 0 Å². The highest BCUT2D eigenvalue weighted by Crippen LogP contribution is 2.18. The Morgan fingerprint density at radius 1 is 1.56 bits per heavy atom. The molecule has 0 aliphatic rings. The normalized spacial score (nSPS) is 9.69. The molecule has 1 rings (SSSR count). The third-order valence-corrected chi connectivity index (χ3v) is 2.18. The first-order valence-electron chi connectivity index (χ1n) is 4.75. The number of hydrogen-bond acceptors (Lipinski definition) is 3. The molecule has 16 heavy (non-hydrogen) atoms. The summed E-state index contributed by atoms with van der Waals surface area (Å²) in [6.45, 7) is 0.0633. The average molecular weight is 224 g/mol. The summed E-state index contributed by atoms with van der Waals surface area (Å²) < 4.78 is 13.5. The van der Waals surface area contributed by atoms with Crippen LogP contribution in [0.2, 0.25) is 0 Å². The molecule has 5 heteroatoms. The van der Waals surface area contributed by atoms with Crippen LogP contribution in [0.5, 0.6) is 0 Å². The Balaban J connectivity index is 2.87. The van der Waals surface area contributed by atoms with Gasteiger partial charge < -0.3 is 10.2 Å². The van der Waals surface area contributed by atoms with E-state index in [1.165, 1.54) is 24.1 Å². The van der Waals surface area contributed by atoms with E-state index in [0.29, 0.717) is 6.29 Å². The number of likely N-dealkylation sites (N-methyl/N-ethyl adjacent to an activating group) is 2. The molecule has 0 radical (unpaired) electrons. The fourth-order valence-corrected chi connectivity index (χ4v) is 1.29. The molecule has 0 aromatic heterocycles. The molecule has 86 valence electrons. The topological polar surface area (TPSA) is 49.4 Å². The molecular formula is C11H13FN2O2. The van der Waals surface area contributed by atoms with Gasteiger partial charge in [0.2, 0.25) is 5.91 Å². The highest BCUT2D eigenvalue weighted by Gasteiger charge is 2.10. The maximum Gasteiger partial charge on any atom is 0.239 e. The van der Waals surface area contributed by atoms with Gasteiger partial charge in [0.15, 0.2) is 0 Å². The van der Waals surface area contributed by atoms with Crippen molar-refractivity contribution in [2.75, 3.05) is 25.5 Å². The van der Waals surface area contributed by atoms with E-state index < -0.39 is 5.82 Å². The van der Waals surface area contributed by atoms with Crippen molar-refractivity contribution in [1.29, 1.82) is 0 Å². The van der Waals surface area contributed by atoms with E-state index in [4.69, 9.17) is 0 Å². The van der Waals surface area contributed by atoms with Crippen LogP contribution in [0.25, 0.3) is 0 Å². The number of rotatable bonds is 4. The van der Waals surface area contributed by atoms with Crippen LogP contribution in [0.1, 0.15) is 10.4 Å². The summed E-state index contributed by atoms with van der Waals surface area (Å²) in [6, 6.07) is 4.12. The first-order chi connectivity index (χ1) is 7.58. The molecule has 0 aliphatic heterocycles. The number of halogens is 1. The molecule has 0 heterocycles. The number of nitrogens with zero attached hydrogens (tertiary/aromatic N) is 1. The molecule has 1 aromatic rings. The quantitative estimate of drug-likeness (QED) is 0.770. The first kappa shape index (κ1) is 12.2. The smallest absolute Gasteiger partial charge is 0.239 e. The van der Waals surface area contributed by atoms with Crippen LogP contribution in [0.4, 0.5) is 10.1 Å². The van der Waals surface area contributed by atoms with Crippen molar-refractivity contribution < 1.29 is 14.0 Å². The summed E-state index contributed by atoms with van der Waals surface area (Å²) in [4.78, 5) is 23.0. The average Bonchev–Trinajstić information content (AvgIpc) is 2.28. The van der Waals surface area contributed by atoms with E-state index >= 15 is 0 Å². The highest BCUT2D eigenvalue weighted by molar-refractivity contribution is 5.81. The molecule has 0 aliphatic carbocycles. The summed E-state index contributed by atoms with van der Waals surface area (Å²) in [5, 5.41) is 2.45. The van der Waals surface area contributed by atoms with Crippen LogP contribution in [0.3, 0.4) is 0 Å². The summed E-state index contributed by atoms with van der Waals surface area (Å²) in [5.41, 5.74) is 0.559. The zero-order valence-electron chi connectivity index (χ0n) is 9.16. The summed E-state index contributed by atoms with van der Waals surface area (Å²) in [6.07, 6.45) is 0.575. The van der Waals surface area contributed by atoms with Gasteiger partial charge in [0.05, 0.1) is 12.2 Å². The minimum Gasteiger partial charge on any atom is -0.363 e. The standard InChI is InChI=1S/C11H13FN2O2/c1-13-11(16)6-14(2)10-4-3-8(7-15)5-9(10)12/h3-5,7H,6H2,1-2H3,(H,13,16). The minimum atomic E-state index is -0.518. The predicted molar refractivity (Wildman–Crippen MR) is 59.1 cm³/mol. The minimum absolute atomic E-state index is 0.0633. The monoisotopic (exact) mass is 224 g/mol. The molecule has 0 bridgehead atoms. The van der Waals surface area contributed by atoms with Crippen molar-refractivity contribution in [3.05, 3.63) is 29.6 Å². The zero-order chi connectivity index (χ0) is 12.1. The molecule has 0 saturated heterocycles. The van der Waals surface area contributed by atoms with Crippen molar-refractivity contribution in [3.63, 3.8) is 0 Å². The zero-order valence-corrected chi connectivity index (χ0v) is 9.16. The van der Waals surface area contributed by atoms with E-state index in [9.17, 15) is 14.0 Å². The first-order valence-corrected chi connectivity index (χ1v) is 4.75. The van der Waals surface area contributed by atoms with Crippen LogP contribution >= 0.6 is 0 Å². The van der Waals surface area contributed by atoms with Gasteiger partial charge in [0, 0.05) is 19.7 Å². The summed E-state index contributed by atoms with van der Waals surface area (Å²) in [5.74, 6) is -0.725. The van der Waals surface area contributed by atoms with Crippen LogP contribution < -0.4 is 10.2 Å². The second-order valence-electron chi connectivity index (χ2n) is 3.36. The Bertz CT molecular complexity index is 407. The summed E-state index contributed by atoms with van der Waals surface area (Å²) in [7, 11) is 3.12. The SMILES string of the molecule is CNC(=O)CN(C)c1ccc(C=O)cc1F. The number of carbonyl (C=O) groups is 2. The number of anilines is 1. The summed E-state index contributed by atoms with van der Waals surface area (Å²) >= 11 is 0. The van der Waals surface area contributed by atoms with Crippen LogP contribution in [0.15, 0.2) is 18.2 Å². The Labute approximate surface area is 93.1 Å². The lowest BCUT2D eigenvalue weighted by atomic mass is 10.2. The lowest BCUT2D eigenvalue weighted by Gasteiger charge is -2.18. The Morgan fingerprint density at radius 2 is 2.25 bits per heavy atom. The largest absolute Gasteiger partial charge is 0.363 e. The van der Waals surface area contributed by atoms with E-state index in [0.717, 1.165) is 6.07 Å². The van der Waals surface area contributed by atoms with E-state index in [-0.39, 0.29) is 23.7 Å². The van der Waals surface area contributed by atoms with Gasteiger partial charge in [-0.2, -0.15) is 0 Å². The van der Waals surface area contributed by atoms with Crippen LogP contribution in [-0.4, -0.2) is 32.8 Å². The van der Waals surface area contributed by atoms with Gasteiger partial charge in [-0.3, -0.25) is 9.59 Å². The molecule has 0 unspecified atom stereocenters.